The number of rotatable bonds is 6. The van der Waals surface area contributed by atoms with Crippen molar-refractivity contribution in [3.05, 3.63) is 59.9 Å². The maximum absolute atomic E-state index is 12.4. The summed E-state index contributed by atoms with van der Waals surface area (Å²) in [7, 11) is 0. The number of anilines is 1. The van der Waals surface area contributed by atoms with Crippen molar-refractivity contribution in [1.82, 2.24) is 9.88 Å². The van der Waals surface area contributed by atoms with Gasteiger partial charge in [-0.15, -0.1) is 0 Å². The highest BCUT2D eigenvalue weighted by Gasteiger charge is 2.19. The molecule has 1 aromatic heterocycles. The van der Waals surface area contributed by atoms with Crippen molar-refractivity contribution in [2.75, 3.05) is 38.2 Å². The molecule has 2 aromatic rings. The van der Waals surface area contributed by atoms with Crippen LogP contribution in [0.1, 0.15) is 22.5 Å². The van der Waals surface area contributed by atoms with Gasteiger partial charge in [-0.2, -0.15) is 0 Å². The molecule has 5 nitrogen and oxygen atoms in total. The number of amides is 1. The zero-order valence-corrected chi connectivity index (χ0v) is 13.8. The molecule has 0 atom stereocenters. The van der Waals surface area contributed by atoms with Gasteiger partial charge in [0, 0.05) is 31.5 Å². The number of aryl methyl sites for hydroxylation is 1. The van der Waals surface area contributed by atoms with Gasteiger partial charge in [-0.3, -0.25) is 9.78 Å². The molecule has 24 heavy (non-hydrogen) atoms. The van der Waals surface area contributed by atoms with Gasteiger partial charge in [0.05, 0.1) is 13.2 Å². The Bertz CT molecular complexity index is 655. The van der Waals surface area contributed by atoms with Crippen LogP contribution in [0.15, 0.2) is 48.7 Å². The Hall–Kier alpha value is -2.40. The summed E-state index contributed by atoms with van der Waals surface area (Å²) in [4.78, 5) is 18.5. The fourth-order valence-corrected chi connectivity index (χ4v) is 2.76. The highest BCUT2D eigenvalue weighted by molar-refractivity contribution is 5.93. The van der Waals surface area contributed by atoms with Gasteiger partial charge in [-0.1, -0.05) is 30.3 Å². The van der Waals surface area contributed by atoms with Gasteiger partial charge in [0.2, 0.25) is 0 Å². The third-order valence-electron chi connectivity index (χ3n) is 4.09. The average Bonchev–Trinajstić information content (AvgIpc) is 2.66. The van der Waals surface area contributed by atoms with Crippen LogP contribution in [-0.2, 0) is 11.2 Å². The first-order valence-corrected chi connectivity index (χ1v) is 8.44. The standard InChI is InChI=1S/C19H23N3O2/c23-19(22-11-13-24-14-12-22)18-15-17(8-10-21-18)20-9-4-7-16-5-2-1-3-6-16/h1-3,5-6,8,10,15H,4,7,9,11-14H2,(H,20,21). The summed E-state index contributed by atoms with van der Waals surface area (Å²) in [5.41, 5.74) is 2.77. The molecule has 0 saturated carbocycles. The lowest BCUT2D eigenvalue weighted by molar-refractivity contribution is 0.0299. The number of morpholine rings is 1. The fourth-order valence-electron chi connectivity index (χ4n) is 2.76. The van der Waals surface area contributed by atoms with Crippen LogP contribution in [0.5, 0.6) is 0 Å². The lowest BCUT2D eigenvalue weighted by Crippen LogP contribution is -2.41. The molecule has 1 aliphatic heterocycles. The molecule has 1 aromatic carbocycles. The maximum atomic E-state index is 12.4. The minimum absolute atomic E-state index is 0.0220. The smallest absolute Gasteiger partial charge is 0.272 e. The lowest BCUT2D eigenvalue weighted by Gasteiger charge is -2.26. The number of carbonyl (C=O) groups is 1. The molecule has 0 aliphatic carbocycles. The van der Waals surface area contributed by atoms with Crippen LogP contribution in [0, 0.1) is 0 Å². The molecule has 3 rings (SSSR count). The van der Waals surface area contributed by atoms with Gasteiger partial charge in [-0.05, 0) is 30.5 Å². The van der Waals surface area contributed by atoms with E-state index in [0.29, 0.717) is 32.0 Å². The summed E-state index contributed by atoms with van der Waals surface area (Å²) in [6, 6.07) is 14.2. The number of carbonyl (C=O) groups excluding carboxylic acids is 1. The van der Waals surface area contributed by atoms with E-state index in [1.807, 2.05) is 18.2 Å². The molecule has 0 spiro atoms. The van der Waals surface area contributed by atoms with E-state index in [0.717, 1.165) is 25.1 Å². The Morgan fingerprint density at radius 3 is 2.75 bits per heavy atom. The van der Waals surface area contributed by atoms with Crippen LogP contribution in [0.3, 0.4) is 0 Å². The number of aromatic nitrogens is 1. The van der Waals surface area contributed by atoms with E-state index in [-0.39, 0.29) is 5.91 Å². The quantitative estimate of drug-likeness (QED) is 0.830. The average molecular weight is 325 g/mol. The van der Waals surface area contributed by atoms with Crippen LogP contribution in [0.2, 0.25) is 0 Å². The largest absolute Gasteiger partial charge is 0.385 e. The molecule has 126 valence electrons. The van der Waals surface area contributed by atoms with E-state index in [1.165, 1.54) is 5.56 Å². The number of benzene rings is 1. The first kappa shape index (κ1) is 16.5. The normalized spacial score (nSPS) is 14.4. The SMILES string of the molecule is O=C(c1cc(NCCCc2ccccc2)ccn1)N1CCOCC1. The third-order valence-corrected chi connectivity index (χ3v) is 4.09. The Morgan fingerprint density at radius 1 is 1.17 bits per heavy atom. The first-order chi connectivity index (χ1) is 11.8. The van der Waals surface area contributed by atoms with Gasteiger partial charge in [0.15, 0.2) is 0 Å². The van der Waals surface area contributed by atoms with Gasteiger partial charge < -0.3 is 15.0 Å². The van der Waals surface area contributed by atoms with Crippen LogP contribution in [0.4, 0.5) is 5.69 Å². The van der Waals surface area contributed by atoms with Crippen molar-refractivity contribution in [2.24, 2.45) is 0 Å². The second kappa shape index (κ2) is 8.45. The predicted octanol–water partition coefficient (Wildman–Crippen LogP) is 2.60. The van der Waals surface area contributed by atoms with Crippen molar-refractivity contribution in [3.8, 4) is 0 Å². The summed E-state index contributed by atoms with van der Waals surface area (Å²) in [5, 5.41) is 3.38. The van der Waals surface area contributed by atoms with E-state index < -0.39 is 0 Å². The molecule has 0 radical (unpaired) electrons. The molecule has 1 fully saturated rings. The minimum Gasteiger partial charge on any atom is -0.385 e. The third kappa shape index (κ3) is 4.55. The molecule has 1 N–H and O–H groups in total. The highest BCUT2D eigenvalue weighted by atomic mass is 16.5. The molecule has 0 bridgehead atoms. The van der Waals surface area contributed by atoms with Crippen LogP contribution >= 0.6 is 0 Å². The summed E-state index contributed by atoms with van der Waals surface area (Å²) in [6.45, 7) is 3.33. The Morgan fingerprint density at radius 2 is 1.96 bits per heavy atom. The van der Waals surface area contributed by atoms with E-state index in [9.17, 15) is 4.79 Å². The number of nitrogens with zero attached hydrogens (tertiary/aromatic N) is 2. The monoisotopic (exact) mass is 325 g/mol. The maximum Gasteiger partial charge on any atom is 0.272 e. The van der Waals surface area contributed by atoms with Crippen molar-refractivity contribution in [1.29, 1.82) is 0 Å². The van der Waals surface area contributed by atoms with E-state index in [1.54, 1.807) is 11.1 Å². The Labute approximate surface area is 142 Å². The second-order valence-corrected chi connectivity index (χ2v) is 5.85. The lowest BCUT2D eigenvalue weighted by atomic mass is 10.1. The second-order valence-electron chi connectivity index (χ2n) is 5.85. The van der Waals surface area contributed by atoms with Crippen LogP contribution < -0.4 is 5.32 Å². The molecule has 2 heterocycles. The van der Waals surface area contributed by atoms with Crippen molar-refractivity contribution in [2.45, 2.75) is 12.8 Å². The van der Waals surface area contributed by atoms with Crippen molar-refractivity contribution < 1.29 is 9.53 Å². The Balaban J connectivity index is 1.50. The molecule has 1 amide bonds. The van der Waals surface area contributed by atoms with Crippen LogP contribution in [-0.4, -0.2) is 48.6 Å². The zero-order chi connectivity index (χ0) is 16.6. The summed E-state index contributed by atoms with van der Waals surface area (Å²) >= 11 is 0. The number of hydrogen-bond donors (Lipinski definition) is 1. The van der Waals surface area contributed by atoms with E-state index in [4.69, 9.17) is 4.74 Å². The van der Waals surface area contributed by atoms with Crippen molar-refractivity contribution >= 4 is 11.6 Å². The highest BCUT2D eigenvalue weighted by Crippen LogP contribution is 2.12. The number of hydrogen-bond acceptors (Lipinski definition) is 4. The minimum atomic E-state index is -0.0220. The summed E-state index contributed by atoms with van der Waals surface area (Å²) < 4.78 is 5.28. The summed E-state index contributed by atoms with van der Waals surface area (Å²) in [6.07, 6.45) is 3.77. The van der Waals surface area contributed by atoms with Gasteiger partial charge in [0.1, 0.15) is 5.69 Å². The molecule has 1 aliphatic rings. The first-order valence-electron chi connectivity index (χ1n) is 8.44. The van der Waals surface area contributed by atoms with E-state index in [2.05, 4.69) is 34.6 Å². The molecule has 1 saturated heterocycles. The number of pyridine rings is 1. The van der Waals surface area contributed by atoms with Crippen molar-refractivity contribution in [3.63, 3.8) is 0 Å². The zero-order valence-electron chi connectivity index (χ0n) is 13.8. The van der Waals surface area contributed by atoms with Crippen LogP contribution in [0.25, 0.3) is 0 Å². The number of nitrogens with one attached hydrogen (secondary N) is 1. The van der Waals surface area contributed by atoms with Gasteiger partial charge >= 0.3 is 0 Å². The Kier molecular flexibility index (Phi) is 5.80. The predicted molar refractivity (Wildman–Crippen MR) is 94.2 cm³/mol. The van der Waals surface area contributed by atoms with Gasteiger partial charge in [-0.25, -0.2) is 0 Å². The fraction of sp³-hybridized carbons (Fsp3) is 0.368. The topological polar surface area (TPSA) is 54.5 Å². The molecular weight excluding hydrogens is 302 g/mol. The molecular formula is C19H23N3O2. The van der Waals surface area contributed by atoms with Gasteiger partial charge in [0.25, 0.3) is 5.91 Å². The van der Waals surface area contributed by atoms with E-state index >= 15 is 0 Å². The molecule has 5 heteroatoms. The molecule has 0 unspecified atom stereocenters. The number of ether oxygens (including phenoxy) is 1. The summed E-state index contributed by atoms with van der Waals surface area (Å²) in [5.74, 6) is -0.0220.